The number of aromatic nitrogens is 1. The van der Waals surface area contributed by atoms with Crippen LogP contribution in [0.5, 0.6) is 5.75 Å². The number of thiazole rings is 1. The zero-order chi connectivity index (χ0) is 22.9. The van der Waals surface area contributed by atoms with E-state index in [0.717, 1.165) is 11.3 Å². The molecule has 32 heavy (non-hydrogen) atoms. The Bertz CT molecular complexity index is 942. The van der Waals surface area contributed by atoms with E-state index in [9.17, 15) is 14.4 Å². The minimum Gasteiger partial charge on any atom is -0.497 e. The molecule has 0 aliphatic carbocycles. The molecule has 1 aliphatic rings. The summed E-state index contributed by atoms with van der Waals surface area (Å²) in [5.74, 6) is 0.574. The van der Waals surface area contributed by atoms with Gasteiger partial charge in [0.2, 0.25) is 5.91 Å². The molecular weight excluding hydrogens is 434 g/mol. The highest BCUT2D eigenvalue weighted by Crippen LogP contribution is 2.17. The minimum absolute atomic E-state index is 0.120. The standard InChI is InChI=1S/C21H27N5O5S/c1-3-31-21(29)26-9-7-25(8-10-26)20(28)24-19-23-16(14-32-19)12-18(27)22-13-15-5-4-6-17(11-15)30-2/h4-6,11,14H,3,7-10,12-13H2,1-2H3,(H,22,27)(H,23,24,28). The Balaban J connectivity index is 1.42. The number of anilines is 1. The van der Waals surface area contributed by atoms with Crippen LogP contribution in [0.2, 0.25) is 0 Å². The van der Waals surface area contributed by atoms with Gasteiger partial charge in [-0.15, -0.1) is 11.3 Å². The predicted octanol–water partition coefficient (Wildman–Crippen LogP) is 2.32. The lowest BCUT2D eigenvalue weighted by Crippen LogP contribution is -2.51. The molecule has 0 saturated carbocycles. The van der Waals surface area contributed by atoms with Gasteiger partial charge in [0.25, 0.3) is 0 Å². The first-order valence-corrected chi connectivity index (χ1v) is 11.2. The Labute approximate surface area is 190 Å². The normalized spacial score (nSPS) is 13.4. The van der Waals surface area contributed by atoms with Crippen molar-refractivity contribution in [2.75, 3.05) is 45.2 Å². The number of rotatable bonds is 7. The quantitative estimate of drug-likeness (QED) is 0.654. The molecule has 2 heterocycles. The molecule has 1 aromatic heterocycles. The summed E-state index contributed by atoms with van der Waals surface area (Å²) in [6, 6.07) is 7.20. The number of benzene rings is 1. The average molecular weight is 462 g/mol. The van der Waals surface area contributed by atoms with Gasteiger partial charge in [0.1, 0.15) is 5.75 Å². The molecule has 3 rings (SSSR count). The van der Waals surface area contributed by atoms with Crippen molar-refractivity contribution >= 4 is 34.5 Å². The van der Waals surface area contributed by atoms with Crippen LogP contribution in [0.15, 0.2) is 29.6 Å². The number of nitrogens with one attached hydrogen (secondary N) is 2. The Morgan fingerprint density at radius 2 is 1.91 bits per heavy atom. The maximum absolute atomic E-state index is 12.5. The SMILES string of the molecule is CCOC(=O)N1CCN(C(=O)Nc2nc(CC(=O)NCc3cccc(OC)c3)cs2)CC1. The van der Waals surface area contributed by atoms with Crippen LogP contribution in [0, 0.1) is 0 Å². The van der Waals surface area contributed by atoms with Gasteiger partial charge >= 0.3 is 12.1 Å². The van der Waals surface area contributed by atoms with Gasteiger partial charge < -0.3 is 24.6 Å². The van der Waals surface area contributed by atoms with Crippen LogP contribution in [-0.4, -0.2) is 72.7 Å². The number of carbonyl (C=O) groups is 3. The van der Waals surface area contributed by atoms with Crippen LogP contribution in [-0.2, 0) is 22.5 Å². The number of carbonyl (C=O) groups excluding carboxylic acids is 3. The van der Waals surface area contributed by atoms with Gasteiger partial charge in [0.05, 0.1) is 25.8 Å². The summed E-state index contributed by atoms with van der Waals surface area (Å²) in [6.45, 7) is 4.14. The lowest BCUT2D eigenvalue weighted by Gasteiger charge is -2.33. The zero-order valence-electron chi connectivity index (χ0n) is 18.1. The molecule has 0 unspecified atom stereocenters. The van der Waals surface area contributed by atoms with E-state index in [1.165, 1.54) is 11.3 Å². The zero-order valence-corrected chi connectivity index (χ0v) is 18.9. The number of ether oxygens (including phenoxy) is 2. The molecule has 0 atom stereocenters. The number of methoxy groups -OCH3 is 1. The Kier molecular flexibility index (Phi) is 8.26. The second-order valence-electron chi connectivity index (χ2n) is 7.05. The Morgan fingerprint density at radius 1 is 1.16 bits per heavy atom. The summed E-state index contributed by atoms with van der Waals surface area (Å²) in [4.78, 5) is 44.0. The molecule has 1 aromatic carbocycles. The first kappa shape index (κ1) is 23.3. The third-order valence-electron chi connectivity index (χ3n) is 4.82. The molecule has 1 aliphatic heterocycles. The highest BCUT2D eigenvalue weighted by molar-refractivity contribution is 7.13. The van der Waals surface area contributed by atoms with Gasteiger partial charge in [-0.2, -0.15) is 0 Å². The third kappa shape index (κ3) is 6.58. The van der Waals surface area contributed by atoms with Gasteiger partial charge in [0, 0.05) is 38.1 Å². The fourth-order valence-electron chi connectivity index (χ4n) is 3.13. The molecule has 11 heteroatoms. The number of hydrogen-bond donors (Lipinski definition) is 2. The summed E-state index contributed by atoms with van der Waals surface area (Å²) in [5, 5.41) is 7.79. The second kappa shape index (κ2) is 11.3. The Hall–Kier alpha value is -3.34. The fraction of sp³-hybridized carbons (Fsp3) is 0.429. The average Bonchev–Trinajstić information content (AvgIpc) is 3.24. The van der Waals surface area contributed by atoms with Gasteiger partial charge in [-0.1, -0.05) is 12.1 Å². The van der Waals surface area contributed by atoms with Crippen molar-refractivity contribution in [2.45, 2.75) is 19.9 Å². The number of amides is 4. The summed E-state index contributed by atoms with van der Waals surface area (Å²) < 4.78 is 10.2. The summed E-state index contributed by atoms with van der Waals surface area (Å²) in [6.07, 6.45) is -0.240. The van der Waals surface area contributed by atoms with E-state index in [1.807, 2.05) is 24.3 Å². The molecule has 0 radical (unpaired) electrons. The summed E-state index contributed by atoms with van der Waals surface area (Å²) in [7, 11) is 1.60. The minimum atomic E-state index is -0.359. The molecule has 0 bridgehead atoms. The maximum atomic E-state index is 12.5. The van der Waals surface area contributed by atoms with Crippen LogP contribution >= 0.6 is 11.3 Å². The van der Waals surface area contributed by atoms with Crippen molar-refractivity contribution in [3.8, 4) is 5.75 Å². The van der Waals surface area contributed by atoms with E-state index in [1.54, 1.807) is 29.2 Å². The van der Waals surface area contributed by atoms with Crippen molar-refractivity contribution in [3.63, 3.8) is 0 Å². The molecule has 172 valence electrons. The van der Waals surface area contributed by atoms with Gasteiger partial charge in [0.15, 0.2) is 5.13 Å². The van der Waals surface area contributed by atoms with Gasteiger partial charge in [-0.25, -0.2) is 14.6 Å². The number of piperazine rings is 1. The summed E-state index contributed by atoms with van der Waals surface area (Å²) in [5.41, 5.74) is 1.52. The molecule has 0 spiro atoms. The molecule has 4 amide bonds. The molecular formula is C21H27N5O5S. The fourth-order valence-corrected chi connectivity index (χ4v) is 3.83. The smallest absolute Gasteiger partial charge is 0.409 e. The van der Waals surface area contributed by atoms with Crippen LogP contribution in [0.25, 0.3) is 0 Å². The van der Waals surface area contributed by atoms with Crippen molar-refractivity contribution < 1.29 is 23.9 Å². The lowest BCUT2D eigenvalue weighted by atomic mass is 10.2. The first-order valence-electron chi connectivity index (χ1n) is 10.3. The van der Waals surface area contributed by atoms with E-state index in [2.05, 4.69) is 15.6 Å². The first-order chi connectivity index (χ1) is 15.5. The number of nitrogens with zero attached hydrogens (tertiary/aromatic N) is 3. The molecule has 2 aromatic rings. The van der Waals surface area contributed by atoms with Crippen LogP contribution in [0.1, 0.15) is 18.2 Å². The number of hydrogen-bond acceptors (Lipinski definition) is 7. The third-order valence-corrected chi connectivity index (χ3v) is 5.63. The monoisotopic (exact) mass is 461 g/mol. The van der Waals surface area contributed by atoms with Gasteiger partial charge in [-0.3, -0.25) is 10.1 Å². The topological polar surface area (TPSA) is 113 Å². The van der Waals surface area contributed by atoms with E-state index in [0.29, 0.717) is 50.2 Å². The maximum Gasteiger partial charge on any atom is 0.409 e. The van der Waals surface area contributed by atoms with Crippen molar-refractivity contribution in [3.05, 3.63) is 40.9 Å². The molecule has 1 saturated heterocycles. The highest BCUT2D eigenvalue weighted by Gasteiger charge is 2.25. The van der Waals surface area contributed by atoms with E-state index in [-0.39, 0.29) is 24.5 Å². The van der Waals surface area contributed by atoms with Gasteiger partial charge in [-0.05, 0) is 24.6 Å². The van der Waals surface area contributed by atoms with Crippen LogP contribution in [0.3, 0.4) is 0 Å². The van der Waals surface area contributed by atoms with Crippen molar-refractivity contribution in [2.24, 2.45) is 0 Å². The van der Waals surface area contributed by atoms with Crippen LogP contribution < -0.4 is 15.4 Å². The second-order valence-corrected chi connectivity index (χ2v) is 7.91. The molecule has 2 N–H and O–H groups in total. The van der Waals surface area contributed by atoms with Crippen molar-refractivity contribution in [1.29, 1.82) is 0 Å². The summed E-state index contributed by atoms with van der Waals surface area (Å²) >= 11 is 1.26. The van der Waals surface area contributed by atoms with Crippen molar-refractivity contribution in [1.82, 2.24) is 20.1 Å². The lowest BCUT2D eigenvalue weighted by molar-refractivity contribution is -0.120. The molecule has 1 fully saturated rings. The molecule has 10 nitrogen and oxygen atoms in total. The van der Waals surface area contributed by atoms with E-state index in [4.69, 9.17) is 9.47 Å². The highest BCUT2D eigenvalue weighted by atomic mass is 32.1. The number of urea groups is 1. The van der Waals surface area contributed by atoms with E-state index < -0.39 is 0 Å². The van der Waals surface area contributed by atoms with E-state index >= 15 is 0 Å². The predicted molar refractivity (Wildman–Crippen MR) is 120 cm³/mol. The van der Waals surface area contributed by atoms with Crippen LogP contribution in [0.4, 0.5) is 14.7 Å². The largest absolute Gasteiger partial charge is 0.497 e. The Morgan fingerprint density at radius 3 is 2.62 bits per heavy atom.